The Morgan fingerprint density at radius 1 is 1.86 bits per heavy atom. The van der Waals surface area contributed by atoms with Gasteiger partial charge < -0.3 is 16.2 Å². The highest BCUT2D eigenvalue weighted by Crippen LogP contribution is 2.08. The van der Waals surface area contributed by atoms with Crippen LogP contribution in [0.15, 0.2) is 6.20 Å². The first-order valence-corrected chi connectivity index (χ1v) is 4.26. The number of rotatable bonds is 3. The van der Waals surface area contributed by atoms with Crippen molar-refractivity contribution in [3.05, 3.63) is 11.9 Å². The maximum absolute atomic E-state index is 11.5. The summed E-state index contributed by atoms with van der Waals surface area (Å²) in [6.45, 7) is 1.79. The molecule has 0 aliphatic heterocycles. The van der Waals surface area contributed by atoms with E-state index in [2.05, 4.69) is 10.4 Å². The number of amides is 1. The Hall–Kier alpha value is -1.56. The Morgan fingerprint density at radius 3 is 2.93 bits per heavy atom. The quantitative estimate of drug-likeness (QED) is 0.587. The molecule has 0 unspecified atom stereocenters. The van der Waals surface area contributed by atoms with Gasteiger partial charge in [0, 0.05) is 13.6 Å². The molecule has 1 atom stereocenters. The van der Waals surface area contributed by atoms with Gasteiger partial charge in [0.1, 0.15) is 5.69 Å². The van der Waals surface area contributed by atoms with Gasteiger partial charge in [-0.3, -0.25) is 9.48 Å². The second-order valence-electron chi connectivity index (χ2n) is 3.13. The molecule has 78 valence electrons. The summed E-state index contributed by atoms with van der Waals surface area (Å²) in [4.78, 5) is 11.5. The molecule has 0 fully saturated rings. The van der Waals surface area contributed by atoms with Crippen molar-refractivity contribution in [1.29, 1.82) is 0 Å². The van der Waals surface area contributed by atoms with Crippen molar-refractivity contribution < 1.29 is 9.90 Å². The van der Waals surface area contributed by atoms with Crippen molar-refractivity contribution in [2.45, 2.75) is 13.0 Å². The van der Waals surface area contributed by atoms with Crippen molar-refractivity contribution >= 4 is 11.6 Å². The molecule has 4 N–H and O–H groups in total. The standard InChI is InChI=1S/C8H14N4O2/c1-5(13)3-10-8(14)7-6(9)4-11-12(7)2/h4-5,13H,3,9H2,1-2H3,(H,10,14)/t5-/m1/s1. The summed E-state index contributed by atoms with van der Waals surface area (Å²) in [5.74, 6) is -0.330. The molecule has 1 rings (SSSR count). The molecule has 0 aromatic carbocycles. The van der Waals surface area contributed by atoms with E-state index >= 15 is 0 Å². The van der Waals surface area contributed by atoms with E-state index < -0.39 is 6.10 Å². The first kappa shape index (κ1) is 10.5. The Kier molecular flexibility index (Phi) is 3.08. The lowest BCUT2D eigenvalue weighted by Gasteiger charge is -2.07. The van der Waals surface area contributed by atoms with Crippen molar-refractivity contribution in [2.75, 3.05) is 12.3 Å². The highest BCUT2D eigenvalue weighted by Gasteiger charge is 2.14. The summed E-state index contributed by atoms with van der Waals surface area (Å²) < 4.78 is 1.40. The number of nitrogens with two attached hydrogens (primary N) is 1. The molecular formula is C8H14N4O2. The van der Waals surface area contributed by atoms with Gasteiger partial charge in [-0.15, -0.1) is 0 Å². The number of carbonyl (C=O) groups is 1. The molecule has 1 heterocycles. The van der Waals surface area contributed by atoms with E-state index in [1.807, 2.05) is 0 Å². The number of nitrogens with zero attached hydrogens (tertiary/aromatic N) is 2. The van der Waals surface area contributed by atoms with Crippen molar-refractivity contribution in [3.63, 3.8) is 0 Å². The number of aliphatic hydroxyl groups excluding tert-OH is 1. The normalized spacial score (nSPS) is 12.5. The van der Waals surface area contributed by atoms with Crippen LogP contribution in [0.2, 0.25) is 0 Å². The smallest absolute Gasteiger partial charge is 0.271 e. The molecule has 1 aromatic heterocycles. The topological polar surface area (TPSA) is 93.2 Å². The molecule has 0 radical (unpaired) electrons. The number of aliphatic hydroxyl groups is 1. The maximum Gasteiger partial charge on any atom is 0.271 e. The Balaban J connectivity index is 2.70. The predicted molar refractivity (Wildman–Crippen MR) is 51.6 cm³/mol. The van der Waals surface area contributed by atoms with E-state index in [-0.39, 0.29) is 12.5 Å². The van der Waals surface area contributed by atoms with E-state index in [0.717, 1.165) is 0 Å². The average molecular weight is 198 g/mol. The Bertz CT molecular complexity index is 313. The first-order chi connectivity index (χ1) is 6.52. The number of hydrogen-bond donors (Lipinski definition) is 3. The number of carbonyl (C=O) groups excluding carboxylic acids is 1. The summed E-state index contributed by atoms with van der Waals surface area (Å²) >= 11 is 0. The maximum atomic E-state index is 11.5. The molecule has 14 heavy (non-hydrogen) atoms. The van der Waals surface area contributed by atoms with E-state index in [9.17, 15) is 4.79 Å². The van der Waals surface area contributed by atoms with Crippen LogP contribution >= 0.6 is 0 Å². The van der Waals surface area contributed by atoms with Crippen molar-refractivity contribution in [3.8, 4) is 0 Å². The minimum atomic E-state index is -0.576. The third-order valence-electron chi connectivity index (χ3n) is 1.74. The fraction of sp³-hybridized carbons (Fsp3) is 0.500. The number of hydrogen-bond acceptors (Lipinski definition) is 4. The SMILES string of the molecule is C[C@@H](O)CNC(=O)c1c(N)cnn1C. The van der Waals surface area contributed by atoms with E-state index in [1.165, 1.54) is 10.9 Å². The van der Waals surface area contributed by atoms with Gasteiger partial charge in [0.05, 0.1) is 18.0 Å². The zero-order chi connectivity index (χ0) is 10.7. The number of nitrogen functional groups attached to an aromatic ring is 1. The largest absolute Gasteiger partial charge is 0.396 e. The van der Waals surface area contributed by atoms with Crippen LogP contribution in [0.25, 0.3) is 0 Å². The minimum absolute atomic E-state index is 0.198. The monoisotopic (exact) mass is 198 g/mol. The highest BCUT2D eigenvalue weighted by molar-refractivity contribution is 5.97. The van der Waals surface area contributed by atoms with Gasteiger partial charge >= 0.3 is 0 Å². The molecule has 0 bridgehead atoms. The number of anilines is 1. The summed E-state index contributed by atoms with van der Waals surface area (Å²) in [6, 6.07) is 0. The van der Waals surface area contributed by atoms with Crippen molar-refractivity contribution in [2.24, 2.45) is 7.05 Å². The second-order valence-corrected chi connectivity index (χ2v) is 3.13. The molecule has 0 saturated carbocycles. The van der Waals surface area contributed by atoms with Gasteiger partial charge in [0.2, 0.25) is 0 Å². The summed E-state index contributed by atoms with van der Waals surface area (Å²) in [7, 11) is 1.63. The third kappa shape index (κ3) is 2.23. The van der Waals surface area contributed by atoms with E-state index in [0.29, 0.717) is 11.4 Å². The predicted octanol–water partition coefficient (Wildman–Crippen LogP) is -0.887. The number of nitrogens with one attached hydrogen (secondary N) is 1. The Labute approximate surface area is 81.7 Å². The van der Waals surface area contributed by atoms with Crippen LogP contribution in [0.5, 0.6) is 0 Å². The van der Waals surface area contributed by atoms with Crippen LogP contribution in [-0.4, -0.2) is 33.4 Å². The van der Waals surface area contributed by atoms with Crippen LogP contribution in [-0.2, 0) is 7.05 Å². The van der Waals surface area contributed by atoms with Gasteiger partial charge in [-0.1, -0.05) is 0 Å². The van der Waals surface area contributed by atoms with Crippen LogP contribution in [0.3, 0.4) is 0 Å². The van der Waals surface area contributed by atoms with E-state index in [1.54, 1.807) is 14.0 Å². The van der Waals surface area contributed by atoms with Crippen LogP contribution in [0, 0.1) is 0 Å². The fourth-order valence-corrected chi connectivity index (χ4v) is 1.06. The fourth-order valence-electron chi connectivity index (χ4n) is 1.06. The first-order valence-electron chi connectivity index (χ1n) is 4.26. The van der Waals surface area contributed by atoms with Gasteiger partial charge in [0.15, 0.2) is 0 Å². The molecule has 6 nitrogen and oxygen atoms in total. The molecule has 1 amide bonds. The summed E-state index contributed by atoms with van der Waals surface area (Å²) in [5.41, 5.74) is 6.18. The molecule has 0 aliphatic carbocycles. The summed E-state index contributed by atoms with van der Waals surface area (Å²) in [6.07, 6.45) is 0.838. The average Bonchev–Trinajstić information content (AvgIpc) is 2.42. The van der Waals surface area contributed by atoms with Crippen LogP contribution in [0.1, 0.15) is 17.4 Å². The number of aromatic nitrogens is 2. The van der Waals surface area contributed by atoms with Crippen LogP contribution < -0.4 is 11.1 Å². The van der Waals surface area contributed by atoms with Gasteiger partial charge in [-0.2, -0.15) is 5.10 Å². The zero-order valence-corrected chi connectivity index (χ0v) is 8.19. The van der Waals surface area contributed by atoms with Crippen LogP contribution in [0.4, 0.5) is 5.69 Å². The van der Waals surface area contributed by atoms with Gasteiger partial charge in [-0.25, -0.2) is 0 Å². The molecule has 6 heteroatoms. The highest BCUT2D eigenvalue weighted by atomic mass is 16.3. The lowest BCUT2D eigenvalue weighted by Crippen LogP contribution is -2.32. The number of aryl methyl sites for hydroxylation is 1. The molecular weight excluding hydrogens is 184 g/mol. The third-order valence-corrected chi connectivity index (χ3v) is 1.74. The van der Waals surface area contributed by atoms with Gasteiger partial charge in [0.25, 0.3) is 5.91 Å². The summed E-state index contributed by atoms with van der Waals surface area (Å²) in [5, 5.41) is 15.3. The molecule has 1 aromatic rings. The second kappa shape index (κ2) is 4.10. The Morgan fingerprint density at radius 2 is 2.50 bits per heavy atom. The molecule has 0 spiro atoms. The lowest BCUT2D eigenvalue weighted by molar-refractivity contribution is 0.0915. The van der Waals surface area contributed by atoms with Gasteiger partial charge in [-0.05, 0) is 6.92 Å². The zero-order valence-electron chi connectivity index (χ0n) is 8.19. The molecule has 0 saturated heterocycles. The minimum Gasteiger partial charge on any atom is -0.396 e. The molecule has 0 aliphatic rings. The van der Waals surface area contributed by atoms with E-state index in [4.69, 9.17) is 10.8 Å². The van der Waals surface area contributed by atoms with Crippen molar-refractivity contribution in [1.82, 2.24) is 15.1 Å². The lowest BCUT2D eigenvalue weighted by atomic mass is 10.3.